The molecule has 7 nitrogen and oxygen atoms in total. The van der Waals surface area contributed by atoms with Gasteiger partial charge in [-0.2, -0.15) is 19.7 Å². The second kappa shape index (κ2) is 7.58. The normalized spacial score (nSPS) is 19.9. The van der Waals surface area contributed by atoms with E-state index < -0.39 is 15.8 Å². The first kappa shape index (κ1) is 19.9. The number of rotatable bonds is 5. The lowest BCUT2D eigenvalue weighted by atomic mass is 10.1. The molecule has 2 aromatic carbocycles. The highest BCUT2D eigenvalue weighted by Crippen LogP contribution is 2.32. The Hall–Kier alpha value is -3.04. The Labute approximate surface area is 179 Å². The van der Waals surface area contributed by atoms with Crippen molar-refractivity contribution in [3.05, 3.63) is 66.7 Å². The summed E-state index contributed by atoms with van der Waals surface area (Å²) in [5.41, 5.74) is 2.88. The smallest absolute Gasteiger partial charge is 0.243 e. The van der Waals surface area contributed by atoms with E-state index in [0.717, 1.165) is 35.1 Å². The highest BCUT2D eigenvalue weighted by Gasteiger charge is 2.38. The van der Waals surface area contributed by atoms with Gasteiger partial charge in [-0.25, -0.2) is 12.8 Å². The molecule has 0 aliphatic carbocycles. The summed E-state index contributed by atoms with van der Waals surface area (Å²) in [5.74, 6) is -0.256. The van der Waals surface area contributed by atoms with Crippen molar-refractivity contribution < 1.29 is 12.8 Å². The summed E-state index contributed by atoms with van der Waals surface area (Å²) < 4.78 is 43.0. The fraction of sp³-hybridized carbons (Fsp3) is 0.273. The van der Waals surface area contributed by atoms with Crippen molar-refractivity contribution in [3.63, 3.8) is 0 Å². The quantitative estimate of drug-likeness (QED) is 0.514. The Bertz CT molecular complexity index is 1320. The Morgan fingerprint density at radius 1 is 1.16 bits per heavy atom. The van der Waals surface area contributed by atoms with Crippen LogP contribution >= 0.6 is 0 Å². The predicted octanol–water partition coefficient (Wildman–Crippen LogP) is 3.66. The third-order valence-electron chi connectivity index (χ3n) is 5.96. The molecular formula is C22H22FN5O2S. The highest BCUT2D eigenvalue weighted by atomic mass is 32.2. The minimum atomic E-state index is -3.65. The molecule has 2 atom stereocenters. The number of halogens is 1. The van der Waals surface area contributed by atoms with Gasteiger partial charge in [0.15, 0.2) is 0 Å². The van der Waals surface area contributed by atoms with Gasteiger partial charge in [0.2, 0.25) is 10.0 Å². The third-order valence-corrected chi connectivity index (χ3v) is 7.96. The topological polar surface area (TPSA) is 83.9 Å². The standard InChI is InChI=1S/C22H22FN5O2S/c1-15-10-16(14-28(15)31(29,30)20-5-3-19(23)4-6-20)13-27-9-8-18-11-17(2-7-22(18)27)21-12-24-26-25-21/h2-9,11-12,15-16H,10,13-14H2,1H3,(H,24,25,26)/t15-,16-/m1/s1. The van der Waals surface area contributed by atoms with Gasteiger partial charge in [-0.3, -0.25) is 0 Å². The zero-order chi connectivity index (χ0) is 21.6. The van der Waals surface area contributed by atoms with E-state index in [0.29, 0.717) is 6.54 Å². The van der Waals surface area contributed by atoms with E-state index in [2.05, 4.69) is 38.2 Å². The Morgan fingerprint density at radius 3 is 2.71 bits per heavy atom. The fourth-order valence-corrected chi connectivity index (χ4v) is 6.17. The third kappa shape index (κ3) is 3.64. The van der Waals surface area contributed by atoms with E-state index >= 15 is 0 Å². The first-order valence-electron chi connectivity index (χ1n) is 10.1. The van der Waals surface area contributed by atoms with Crippen molar-refractivity contribution in [2.75, 3.05) is 6.54 Å². The van der Waals surface area contributed by atoms with Gasteiger partial charge in [-0.15, -0.1) is 0 Å². The molecule has 2 aromatic heterocycles. The van der Waals surface area contributed by atoms with E-state index in [9.17, 15) is 12.8 Å². The van der Waals surface area contributed by atoms with Gasteiger partial charge in [0.25, 0.3) is 0 Å². The minimum absolute atomic E-state index is 0.111. The van der Waals surface area contributed by atoms with Crippen LogP contribution in [0.15, 0.2) is 65.8 Å². The highest BCUT2D eigenvalue weighted by molar-refractivity contribution is 7.89. The lowest BCUT2D eigenvalue weighted by molar-refractivity contribution is 0.399. The molecule has 1 fully saturated rings. The molecule has 3 heterocycles. The predicted molar refractivity (Wildman–Crippen MR) is 115 cm³/mol. The zero-order valence-electron chi connectivity index (χ0n) is 16.9. The van der Waals surface area contributed by atoms with Gasteiger partial charge in [0.05, 0.1) is 11.1 Å². The molecule has 0 radical (unpaired) electrons. The zero-order valence-corrected chi connectivity index (χ0v) is 17.8. The molecule has 160 valence electrons. The Balaban J connectivity index is 1.35. The summed E-state index contributed by atoms with van der Waals surface area (Å²) in [7, 11) is -3.65. The van der Waals surface area contributed by atoms with Crippen molar-refractivity contribution in [2.45, 2.75) is 30.8 Å². The summed E-state index contributed by atoms with van der Waals surface area (Å²) in [6.45, 7) is 3.10. The van der Waals surface area contributed by atoms with Crippen LogP contribution in [0.4, 0.5) is 4.39 Å². The van der Waals surface area contributed by atoms with E-state index in [-0.39, 0.29) is 16.9 Å². The number of fused-ring (bicyclic) bond motifs is 1. The van der Waals surface area contributed by atoms with Crippen LogP contribution in [0.3, 0.4) is 0 Å². The number of aromatic nitrogens is 4. The number of nitrogens with one attached hydrogen (secondary N) is 1. The van der Waals surface area contributed by atoms with Crippen LogP contribution in [0.25, 0.3) is 22.2 Å². The minimum Gasteiger partial charge on any atom is -0.347 e. The van der Waals surface area contributed by atoms with Gasteiger partial charge in [-0.1, -0.05) is 6.07 Å². The van der Waals surface area contributed by atoms with Crippen LogP contribution in [0.1, 0.15) is 13.3 Å². The molecule has 9 heteroatoms. The van der Waals surface area contributed by atoms with Crippen molar-refractivity contribution in [1.29, 1.82) is 0 Å². The van der Waals surface area contributed by atoms with Crippen LogP contribution in [0.5, 0.6) is 0 Å². The van der Waals surface area contributed by atoms with Gasteiger partial charge >= 0.3 is 0 Å². The lowest BCUT2D eigenvalue weighted by Crippen LogP contribution is -2.34. The maximum Gasteiger partial charge on any atom is 0.243 e. The summed E-state index contributed by atoms with van der Waals surface area (Å²) >= 11 is 0. The number of nitrogens with zero attached hydrogens (tertiary/aromatic N) is 4. The van der Waals surface area contributed by atoms with Gasteiger partial charge < -0.3 is 4.57 Å². The average Bonchev–Trinajstić information content (AvgIpc) is 3.49. The van der Waals surface area contributed by atoms with Crippen LogP contribution in [-0.4, -0.2) is 45.3 Å². The lowest BCUT2D eigenvalue weighted by Gasteiger charge is -2.21. The number of hydrogen-bond acceptors (Lipinski definition) is 4. The number of benzene rings is 2. The van der Waals surface area contributed by atoms with Gasteiger partial charge in [0.1, 0.15) is 11.5 Å². The largest absolute Gasteiger partial charge is 0.347 e. The molecule has 0 spiro atoms. The van der Waals surface area contributed by atoms with Crippen LogP contribution < -0.4 is 0 Å². The molecule has 0 unspecified atom stereocenters. The van der Waals surface area contributed by atoms with Crippen molar-refractivity contribution in [3.8, 4) is 11.3 Å². The summed E-state index contributed by atoms with van der Waals surface area (Å²) in [6, 6.07) is 13.1. The van der Waals surface area contributed by atoms with E-state index in [1.54, 1.807) is 10.5 Å². The van der Waals surface area contributed by atoms with E-state index in [1.165, 1.54) is 24.3 Å². The molecular weight excluding hydrogens is 417 g/mol. The van der Waals surface area contributed by atoms with E-state index in [1.807, 2.05) is 19.2 Å². The molecule has 0 saturated carbocycles. The van der Waals surface area contributed by atoms with E-state index in [4.69, 9.17) is 0 Å². The molecule has 0 bridgehead atoms. The molecule has 4 aromatic rings. The molecule has 1 saturated heterocycles. The average molecular weight is 440 g/mol. The Morgan fingerprint density at radius 2 is 1.97 bits per heavy atom. The second-order valence-corrected chi connectivity index (χ2v) is 9.97. The van der Waals surface area contributed by atoms with Crippen molar-refractivity contribution in [1.82, 2.24) is 24.3 Å². The number of hydrogen-bond donors (Lipinski definition) is 1. The van der Waals surface area contributed by atoms with Crippen molar-refractivity contribution in [2.24, 2.45) is 5.92 Å². The van der Waals surface area contributed by atoms with Crippen molar-refractivity contribution >= 4 is 20.9 Å². The SMILES string of the molecule is C[C@@H]1C[C@H](Cn2ccc3cc(-c4cn[nH]n4)ccc32)CN1S(=O)(=O)c1ccc(F)cc1. The molecule has 31 heavy (non-hydrogen) atoms. The molecule has 1 aliphatic rings. The monoisotopic (exact) mass is 439 g/mol. The summed E-state index contributed by atoms with van der Waals surface area (Å²) in [6.07, 6.45) is 4.50. The first-order chi connectivity index (χ1) is 14.9. The van der Waals surface area contributed by atoms with Crippen LogP contribution in [0.2, 0.25) is 0 Å². The van der Waals surface area contributed by atoms with Crippen LogP contribution in [-0.2, 0) is 16.6 Å². The summed E-state index contributed by atoms with van der Waals surface area (Å²) in [4.78, 5) is 0.133. The van der Waals surface area contributed by atoms with Gasteiger partial charge in [-0.05, 0) is 61.7 Å². The number of H-pyrrole nitrogens is 1. The fourth-order valence-electron chi connectivity index (χ4n) is 4.46. The summed E-state index contributed by atoms with van der Waals surface area (Å²) in [5, 5.41) is 11.7. The molecule has 5 rings (SSSR count). The maximum atomic E-state index is 13.2. The van der Waals surface area contributed by atoms with Crippen LogP contribution in [0, 0.1) is 11.7 Å². The Kier molecular flexibility index (Phi) is 4.86. The molecule has 1 aliphatic heterocycles. The number of aromatic amines is 1. The molecule has 1 N–H and O–H groups in total. The maximum absolute atomic E-state index is 13.2. The first-order valence-corrected chi connectivity index (χ1v) is 11.6. The van der Waals surface area contributed by atoms with Gasteiger partial charge in [0, 0.05) is 41.8 Å². The molecule has 0 amide bonds. The number of sulfonamides is 1. The second-order valence-electron chi connectivity index (χ2n) is 8.08.